The smallest absolute Gasteiger partial charge is 0.132 e. The highest BCUT2D eigenvalue weighted by Crippen LogP contribution is 2.31. The lowest BCUT2D eigenvalue weighted by Crippen LogP contribution is -2.65. The van der Waals surface area contributed by atoms with Gasteiger partial charge in [0.25, 0.3) is 0 Å². The molecule has 1 saturated heterocycles. The summed E-state index contributed by atoms with van der Waals surface area (Å²) in [7, 11) is 0. The number of hydrogen-bond donors (Lipinski definition) is 1. The molecule has 1 aliphatic rings. The molecular formula is C13H21N3O. The van der Waals surface area contributed by atoms with Gasteiger partial charge in [-0.25, -0.2) is 9.97 Å². The van der Waals surface area contributed by atoms with Crippen molar-refractivity contribution in [1.82, 2.24) is 9.97 Å². The van der Waals surface area contributed by atoms with Gasteiger partial charge in [0.2, 0.25) is 0 Å². The summed E-state index contributed by atoms with van der Waals surface area (Å²) >= 11 is 0. The third kappa shape index (κ3) is 2.41. The van der Waals surface area contributed by atoms with Crippen LogP contribution in [0.1, 0.15) is 32.9 Å². The molecule has 2 heterocycles. The van der Waals surface area contributed by atoms with E-state index in [2.05, 4.69) is 35.6 Å². The quantitative estimate of drug-likeness (QED) is 0.862. The largest absolute Gasteiger partial charge is 0.386 e. The first kappa shape index (κ1) is 12.3. The van der Waals surface area contributed by atoms with Crippen molar-refractivity contribution in [3.05, 3.63) is 18.1 Å². The molecule has 1 aliphatic heterocycles. The minimum atomic E-state index is -0.546. The lowest BCUT2D eigenvalue weighted by molar-refractivity contribution is -0.0304. The van der Waals surface area contributed by atoms with Crippen molar-refractivity contribution in [2.24, 2.45) is 5.92 Å². The summed E-state index contributed by atoms with van der Waals surface area (Å²) in [5.41, 5.74) is 0.535. The first-order chi connectivity index (χ1) is 8.05. The molecule has 1 aromatic heterocycles. The van der Waals surface area contributed by atoms with Crippen molar-refractivity contribution in [1.29, 1.82) is 0 Å². The molecule has 4 heteroatoms. The first-order valence-corrected chi connectivity index (χ1v) is 6.33. The van der Waals surface area contributed by atoms with Crippen LogP contribution >= 0.6 is 0 Å². The van der Waals surface area contributed by atoms with Crippen LogP contribution in [0.25, 0.3) is 0 Å². The van der Waals surface area contributed by atoms with Crippen LogP contribution in [-0.2, 0) is 6.42 Å². The van der Waals surface area contributed by atoms with Crippen molar-refractivity contribution in [3.8, 4) is 0 Å². The van der Waals surface area contributed by atoms with E-state index in [1.807, 2.05) is 6.07 Å². The van der Waals surface area contributed by atoms with Gasteiger partial charge in [0.15, 0.2) is 0 Å². The minimum Gasteiger partial charge on any atom is -0.386 e. The fraction of sp³-hybridized carbons (Fsp3) is 0.692. The average Bonchev–Trinajstić information content (AvgIpc) is 2.25. The molecule has 0 saturated carbocycles. The van der Waals surface area contributed by atoms with Crippen LogP contribution in [0.3, 0.4) is 0 Å². The molecule has 1 aromatic rings. The molecule has 0 spiro atoms. The van der Waals surface area contributed by atoms with Crippen molar-refractivity contribution >= 4 is 5.82 Å². The second kappa shape index (κ2) is 4.61. The van der Waals surface area contributed by atoms with Crippen LogP contribution in [0.15, 0.2) is 12.4 Å². The second-order valence-corrected chi connectivity index (χ2v) is 5.23. The highest BCUT2D eigenvalue weighted by atomic mass is 16.3. The standard InChI is InChI=1S/C13H21N3O/c1-4-5-11-6-12(15-9-14-11)16-7-13(17,8-16)10(2)3/h6,9-10,17H,4-5,7-8H2,1-3H3. The number of β-amino-alcohol motifs (C(OH)–C–C–N with tert-alkyl or cyclic N) is 1. The summed E-state index contributed by atoms with van der Waals surface area (Å²) < 4.78 is 0. The maximum absolute atomic E-state index is 10.2. The zero-order chi connectivity index (χ0) is 12.5. The van der Waals surface area contributed by atoms with E-state index in [4.69, 9.17) is 0 Å². The van der Waals surface area contributed by atoms with E-state index in [1.54, 1.807) is 6.33 Å². The second-order valence-electron chi connectivity index (χ2n) is 5.23. The van der Waals surface area contributed by atoms with Crippen LogP contribution in [0.4, 0.5) is 5.82 Å². The summed E-state index contributed by atoms with van der Waals surface area (Å²) in [6.07, 6.45) is 3.69. The molecule has 0 unspecified atom stereocenters. The Morgan fingerprint density at radius 3 is 2.71 bits per heavy atom. The Hall–Kier alpha value is -1.16. The van der Waals surface area contributed by atoms with Gasteiger partial charge in [-0.2, -0.15) is 0 Å². The van der Waals surface area contributed by atoms with Gasteiger partial charge in [-0.15, -0.1) is 0 Å². The van der Waals surface area contributed by atoms with Crippen molar-refractivity contribution < 1.29 is 5.11 Å². The van der Waals surface area contributed by atoms with Gasteiger partial charge in [0.1, 0.15) is 17.7 Å². The van der Waals surface area contributed by atoms with Crippen molar-refractivity contribution in [2.75, 3.05) is 18.0 Å². The van der Waals surface area contributed by atoms with Crippen LogP contribution in [-0.4, -0.2) is 33.8 Å². The highest BCUT2D eigenvalue weighted by Gasteiger charge is 2.44. The number of rotatable bonds is 4. The van der Waals surface area contributed by atoms with E-state index in [9.17, 15) is 5.11 Å². The predicted molar refractivity (Wildman–Crippen MR) is 68.0 cm³/mol. The van der Waals surface area contributed by atoms with Crippen LogP contribution in [0.2, 0.25) is 0 Å². The SMILES string of the molecule is CCCc1cc(N2CC(O)(C(C)C)C2)ncn1. The van der Waals surface area contributed by atoms with Gasteiger partial charge in [-0.3, -0.25) is 0 Å². The lowest BCUT2D eigenvalue weighted by atomic mass is 9.83. The molecule has 2 rings (SSSR count). The molecule has 94 valence electrons. The molecule has 0 atom stereocenters. The normalized spacial score (nSPS) is 18.3. The van der Waals surface area contributed by atoms with Crippen molar-refractivity contribution in [3.63, 3.8) is 0 Å². The molecule has 0 bridgehead atoms. The zero-order valence-corrected chi connectivity index (χ0v) is 10.8. The molecule has 4 nitrogen and oxygen atoms in total. The Bertz CT molecular complexity index is 386. The topological polar surface area (TPSA) is 49.2 Å². The number of aliphatic hydroxyl groups is 1. The maximum Gasteiger partial charge on any atom is 0.132 e. The monoisotopic (exact) mass is 235 g/mol. The lowest BCUT2D eigenvalue weighted by Gasteiger charge is -2.49. The zero-order valence-electron chi connectivity index (χ0n) is 10.8. The highest BCUT2D eigenvalue weighted by molar-refractivity contribution is 5.44. The van der Waals surface area contributed by atoms with Gasteiger partial charge in [-0.05, 0) is 12.3 Å². The third-order valence-electron chi connectivity index (χ3n) is 3.54. The predicted octanol–water partition coefficient (Wildman–Crippen LogP) is 1.64. The summed E-state index contributed by atoms with van der Waals surface area (Å²) in [6, 6.07) is 2.03. The molecule has 0 radical (unpaired) electrons. The first-order valence-electron chi connectivity index (χ1n) is 6.33. The number of anilines is 1. The number of hydrogen-bond acceptors (Lipinski definition) is 4. The molecule has 17 heavy (non-hydrogen) atoms. The fourth-order valence-electron chi connectivity index (χ4n) is 2.09. The molecule has 0 aromatic carbocycles. The van der Waals surface area contributed by atoms with E-state index in [0.717, 1.165) is 24.4 Å². The van der Waals surface area contributed by atoms with E-state index in [-0.39, 0.29) is 5.92 Å². The van der Waals surface area contributed by atoms with Crippen LogP contribution in [0.5, 0.6) is 0 Å². The summed E-state index contributed by atoms with van der Waals surface area (Å²) in [5.74, 6) is 1.23. The Kier molecular flexibility index (Phi) is 3.33. The summed E-state index contributed by atoms with van der Waals surface area (Å²) in [6.45, 7) is 7.60. The van der Waals surface area contributed by atoms with Gasteiger partial charge in [0.05, 0.1) is 13.1 Å². The number of nitrogens with zero attached hydrogens (tertiary/aromatic N) is 3. The molecule has 1 fully saturated rings. The minimum absolute atomic E-state index is 0.288. The van der Waals surface area contributed by atoms with E-state index in [0.29, 0.717) is 13.1 Å². The Morgan fingerprint density at radius 2 is 2.12 bits per heavy atom. The fourth-order valence-corrected chi connectivity index (χ4v) is 2.09. The molecule has 0 amide bonds. The third-order valence-corrected chi connectivity index (χ3v) is 3.54. The molecule has 1 N–H and O–H groups in total. The van der Waals surface area contributed by atoms with E-state index >= 15 is 0 Å². The van der Waals surface area contributed by atoms with Gasteiger partial charge in [-0.1, -0.05) is 27.2 Å². The Balaban J connectivity index is 2.03. The number of aromatic nitrogens is 2. The molecule has 0 aliphatic carbocycles. The van der Waals surface area contributed by atoms with E-state index in [1.165, 1.54) is 0 Å². The van der Waals surface area contributed by atoms with Gasteiger partial charge in [0, 0.05) is 11.8 Å². The Labute approximate surface area is 103 Å². The summed E-state index contributed by atoms with van der Waals surface area (Å²) in [4.78, 5) is 10.6. The Morgan fingerprint density at radius 1 is 1.41 bits per heavy atom. The van der Waals surface area contributed by atoms with Gasteiger partial charge >= 0.3 is 0 Å². The maximum atomic E-state index is 10.2. The average molecular weight is 235 g/mol. The number of aryl methyl sites for hydroxylation is 1. The molecular weight excluding hydrogens is 214 g/mol. The summed E-state index contributed by atoms with van der Waals surface area (Å²) in [5, 5.41) is 10.2. The van der Waals surface area contributed by atoms with Crippen LogP contribution in [0, 0.1) is 5.92 Å². The van der Waals surface area contributed by atoms with E-state index < -0.39 is 5.60 Å². The van der Waals surface area contributed by atoms with Gasteiger partial charge < -0.3 is 10.0 Å². The van der Waals surface area contributed by atoms with Crippen LogP contribution < -0.4 is 4.90 Å². The van der Waals surface area contributed by atoms with Crippen molar-refractivity contribution in [2.45, 2.75) is 39.2 Å².